The second kappa shape index (κ2) is 5.96. The number of nitrogens with zero attached hydrogens (tertiary/aromatic N) is 2. The van der Waals surface area contributed by atoms with Crippen molar-refractivity contribution in [1.82, 2.24) is 0 Å². The van der Waals surface area contributed by atoms with Crippen LogP contribution in [0.5, 0.6) is 0 Å². The first-order chi connectivity index (χ1) is 9.22. The summed E-state index contributed by atoms with van der Waals surface area (Å²) in [6.07, 6.45) is 1.68. The Bertz CT molecular complexity index is 625. The molecule has 0 spiro atoms. The second-order valence-corrected chi connectivity index (χ2v) is 4.55. The van der Waals surface area contributed by atoms with Crippen molar-refractivity contribution in [1.29, 1.82) is 0 Å². The van der Waals surface area contributed by atoms with Gasteiger partial charge in [0.25, 0.3) is 11.6 Å². The number of carbonyl (C=O) groups is 1. The molecular formula is C13H16N4O3. The predicted octanol–water partition coefficient (Wildman–Crippen LogP) is 1.74. The summed E-state index contributed by atoms with van der Waals surface area (Å²) in [6, 6.07) is 2.76. The fourth-order valence-electron chi connectivity index (χ4n) is 1.71. The number of nitrogens with two attached hydrogens (primary N) is 2. The summed E-state index contributed by atoms with van der Waals surface area (Å²) in [6.45, 7) is 5.33. The third kappa shape index (κ3) is 3.64. The zero-order valence-electron chi connectivity index (χ0n) is 11.5. The van der Waals surface area contributed by atoms with E-state index in [1.54, 1.807) is 19.1 Å². The van der Waals surface area contributed by atoms with Crippen LogP contribution in [-0.2, 0) is 0 Å². The van der Waals surface area contributed by atoms with Crippen LogP contribution in [0.4, 0.5) is 5.69 Å². The van der Waals surface area contributed by atoms with Crippen LogP contribution >= 0.6 is 0 Å². The smallest absolute Gasteiger partial charge is 0.280 e. The van der Waals surface area contributed by atoms with Gasteiger partial charge in [-0.3, -0.25) is 14.9 Å². The lowest BCUT2D eigenvalue weighted by atomic mass is 10.0. The van der Waals surface area contributed by atoms with E-state index in [0.717, 1.165) is 5.57 Å². The zero-order chi connectivity index (χ0) is 15.4. The van der Waals surface area contributed by atoms with Gasteiger partial charge in [0.1, 0.15) is 0 Å². The lowest BCUT2D eigenvalue weighted by Crippen LogP contribution is -2.24. The number of benzene rings is 1. The summed E-state index contributed by atoms with van der Waals surface area (Å²) >= 11 is 0. The van der Waals surface area contributed by atoms with Crippen molar-refractivity contribution >= 4 is 23.6 Å². The van der Waals surface area contributed by atoms with Crippen molar-refractivity contribution in [3.05, 3.63) is 44.5 Å². The van der Waals surface area contributed by atoms with Gasteiger partial charge in [0.15, 0.2) is 5.96 Å². The summed E-state index contributed by atoms with van der Waals surface area (Å²) in [5, 5.41) is 11.1. The average molecular weight is 276 g/mol. The van der Waals surface area contributed by atoms with Crippen molar-refractivity contribution < 1.29 is 9.72 Å². The monoisotopic (exact) mass is 276 g/mol. The van der Waals surface area contributed by atoms with Gasteiger partial charge >= 0.3 is 0 Å². The number of allylic oxidation sites excluding steroid dienone is 1. The van der Waals surface area contributed by atoms with Crippen LogP contribution < -0.4 is 11.5 Å². The molecule has 106 valence electrons. The van der Waals surface area contributed by atoms with Crippen LogP contribution in [0.15, 0.2) is 22.7 Å². The number of hydrogen-bond donors (Lipinski definition) is 2. The maximum absolute atomic E-state index is 11.8. The Balaban J connectivity index is 3.49. The maximum Gasteiger partial charge on any atom is 0.280 e. The van der Waals surface area contributed by atoms with Crippen molar-refractivity contribution in [3.8, 4) is 0 Å². The maximum atomic E-state index is 11.8. The standard InChI is InChI=1S/C13H16N4O3/c1-7(2)4-9-5-8(3)10(6-11(9)17(19)20)12(18)16-13(14)15/h4-6H,1-3H3,(H4,14,15,16,18). The van der Waals surface area contributed by atoms with E-state index in [1.165, 1.54) is 6.07 Å². The van der Waals surface area contributed by atoms with Crippen molar-refractivity contribution in [2.75, 3.05) is 0 Å². The van der Waals surface area contributed by atoms with Crippen molar-refractivity contribution in [2.45, 2.75) is 20.8 Å². The molecule has 4 N–H and O–H groups in total. The third-order valence-electron chi connectivity index (χ3n) is 2.48. The summed E-state index contributed by atoms with van der Waals surface area (Å²) in [5.74, 6) is -1.08. The van der Waals surface area contributed by atoms with Gasteiger partial charge in [-0.25, -0.2) is 0 Å². The molecule has 0 aliphatic carbocycles. The molecule has 20 heavy (non-hydrogen) atoms. The Hall–Kier alpha value is -2.70. The van der Waals surface area contributed by atoms with Crippen LogP contribution in [0.3, 0.4) is 0 Å². The highest BCUT2D eigenvalue weighted by Crippen LogP contribution is 2.26. The summed E-state index contributed by atoms with van der Waals surface area (Å²) in [5.41, 5.74) is 12.1. The molecular weight excluding hydrogens is 260 g/mol. The molecule has 1 rings (SSSR count). The van der Waals surface area contributed by atoms with E-state index < -0.39 is 10.8 Å². The minimum Gasteiger partial charge on any atom is -0.370 e. The highest BCUT2D eigenvalue weighted by Gasteiger charge is 2.19. The van der Waals surface area contributed by atoms with Crippen LogP contribution in [0.25, 0.3) is 6.08 Å². The zero-order valence-corrected chi connectivity index (χ0v) is 11.5. The topological polar surface area (TPSA) is 125 Å². The SMILES string of the molecule is CC(C)=Cc1cc(C)c(C(=O)N=C(N)N)cc1[N+](=O)[O-]. The van der Waals surface area contributed by atoms with E-state index in [4.69, 9.17) is 11.5 Å². The van der Waals surface area contributed by atoms with Crippen LogP contribution in [0, 0.1) is 17.0 Å². The molecule has 0 aromatic heterocycles. The van der Waals surface area contributed by atoms with E-state index in [-0.39, 0.29) is 17.2 Å². The highest BCUT2D eigenvalue weighted by atomic mass is 16.6. The van der Waals surface area contributed by atoms with Gasteiger partial charge in [0, 0.05) is 6.07 Å². The third-order valence-corrected chi connectivity index (χ3v) is 2.48. The number of nitro benzene ring substituents is 1. The molecule has 7 nitrogen and oxygen atoms in total. The lowest BCUT2D eigenvalue weighted by molar-refractivity contribution is -0.385. The van der Waals surface area contributed by atoms with Crippen LogP contribution in [-0.4, -0.2) is 16.8 Å². The van der Waals surface area contributed by atoms with Gasteiger partial charge in [-0.15, -0.1) is 0 Å². The Labute approximate surface area is 116 Å². The first-order valence-corrected chi connectivity index (χ1v) is 5.80. The number of guanidine groups is 1. The quantitative estimate of drug-likeness (QED) is 0.376. The molecule has 1 amide bonds. The van der Waals surface area contributed by atoms with Gasteiger partial charge in [-0.2, -0.15) is 4.99 Å². The summed E-state index contributed by atoms with van der Waals surface area (Å²) in [4.78, 5) is 25.7. The summed E-state index contributed by atoms with van der Waals surface area (Å²) < 4.78 is 0. The van der Waals surface area contributed by atoms with Gasteiger partial charge < -0.3 is 11.5 Å². The Morgan fingerprint density at radius 3 is 2.40 bits per heavy atom. The number of nitro groups is 1. The minimum atomic E-state index is -0.700. The van der Waals surface area contributed by atoms with Crippen molar-refractivity contribution in [2.24, 2.45) is 16.5 Å². The molecule has 0 fully saturated rings. The molecule has 0 saturated heterocycles. The molecule has 1 aromatic rings. The lowest BCUT2D eigenvalue weighted by Gasteiger charge is -2.05. The van der Waals surface area contributed by atoms with Crippen molar-refractivity contribution in [3.63, 3.8) is 0 Å². The normalized spacial score (nSPS) is 9.75. The highest BCUT2D eigenvalue weighted by molar-refractivity contribution is 6.03. The van der Waals surface area contributed by atoms with Crippen LogP contribution in [0.1, 0.15) is 35.3 Å². The van der Waals surface area contributed by atoms with E-state index >= 15 is 0 Å². The number of aryl methyl sites for hydroxylation is 1. The molecule has 0 saturated carbocycles. The molecule has 1 aromatic carbocycles. The first kappa shape index (κ1) is 15.4. The fourth-order valence-corrected chi connectivity index (χ4v) is 1.71. The molecule has 0 heterocycles. The summed E-state index contributed by atoms with van der Waals surface area (Å²) in [7, 11) is 0. The Morgan fingerprint density at radius 2 is 1.95 bits per heavy atom. The molecule has 0 unspecified atom stereocenters. The predicted molar refractivity (Wildman–Crippen MR) is 77.3 cm³/mol. The van der Waals surface area contributed by atoms with E-state index in [0.29, 0.717) is 11.1 Å². The molecule has 0 aliphatic rings. The van der Waals surface area contributed by atoms with Gasteiger partial charge in [0.05, 0.1) is 16.1 Å². The fraction of sp³-hybridized carbons (Fsp3) is 0.231. The largest absolute Gasteiger partial charge is 0.370 e. The minimum absolute atomic E-state index is 0.107. The second-order valence-electron chi connectivity index (χ2n) is 4.55. The molecule has 0 aliphatic heterocycles. The number of carbonyl (C=O) groups excluding carboxylic acids is 1. The number of aliphatic imine (C=N–C) groups is 1. The van der Waals surface area contributed by atoms with E-state index in [9.17, 15) is 14.9 Å². The van der Waals surface area contributed by atoms with Gasteiger partial charge in [-0.1, -0.05) is 5.57 Å². The number of amides is 1. The van der Waals surface area contributed by atoms with Crippen LogP contribution in [0.2, 0.25) is 0 Å². The van der Waals surface area contributed by atoms with Gasteiger partial charge in [-0.05, 0) is 38.5 Å². The Morgan fingerprint density at radius 1 is 1.35 bits per heavy atom. The van der Waals surface area contributed by atoms with E-state index in [1.807, 2.05) is 13.8 Å². The Kier molecular flexibility index (Phi) is 4.58. The average Bonchev–Trinajstić information content (AvgIpc) is 2.26. The molecule has 7 heteroatoms. The van der Waals surface area contributed by atoms with Gasteiger partial charge in [0.2, 0.25) is 0 Å². The number of rotatable bonds is 3. The molecule has 0 bridgehead atoms. The van der Waals surface area contributed by atoms with E-state index in [2.05, 4.69) is 4.99 Å². The number of hydrogen-bond acceptors (Lipinski definition) is 3. The molecule has 0 atom stereocenters. The molecule has 0 radical (unpaired) electrons. The first-order valence-electron chi connectivity index (χ1n) is 5.80.